The van der Waals surface area contributed by atoms with Gasteiger partial charge in [0, 0.05) is 0 Å². The van der Waals surface area contributed by atoms with Gasteiger partial charge in [-0.1, -0.05) is 131 Å². The number of hydrogen-bond donors (Lipinski definition) is 8. The molecule has 12 nitrogen and oxygen atoms in total. The highest BCUT2D eigenvalue weighted by atomic mass is 16.7. The lowest BCUT2D eigenvalue weighted by molar-refractivity contribution is -0.323. The van der Waals surface area contributed by atoms with Gasteiger partial charge >= 0.3 is 0 Å². The van der Waals surface area contributed by atoms with Crippen LogP contribution in [0.1, 0.15) is 108 Å². The first-order valence-electron chi connectivity index (χ1n) is 22.5. The van der Waals surface area contributed by atoms with Crippen LogP contribution in [0.15, 0.2) is 131 Å². The first-order valence-corrected chi connectivity index (χ1v) is 22.5. The van der Waals surface area contributed by atoms with E-state index in [4.69, 9.17) is 18.9 Å². The largest absolute Gasteiger partial charge is 0.394 e. The molecule has 2 fully saturated rings. The summed E-state index contributed by atoms with van der Waals surface area (Å²) in [7, 11) is 0. The van der Waals surface area contributed by atoms with E-state index >= 15 is 0 Å². The summed E-state index contributed by atoms with van der Waals surface area (Å²) in [5, 5.41) is 79.6. The summed E-state index contributed by atoms with van der Waals surface area (Å²) in [4.78, 5) is 0. The minimum absolute atomic E-state index is 0.492. The number of aliphatic hydroxyl groups excluding tert-OH is 8. The third-order valence-electron chi connectivity index (χ3n) is 11.0. The van der Waals surface area contributed by atoms with Gasteiger partial charge in [0.2, 0.25) is 0 Å². The van der Waals surface area contributed by atoms with E-state index in [2.05, 4.69) is 102 Å². The van der Waals surface area contributed by atoms with Crippen LogP contribution in [0, 0.1) is 0 Å². The normalized spacial score (nSPS) is 29.2. The molecule has 0 radical (unpaired) electrons. The van der Waals surface area contributed by atoms with Crippen molar-refractivity contribution in [1.29, 1.82) is 0 Å². The summed E-state index contributed by atoms with van der Waals surface area (Å²) in [6.45, 7) is 18.9. The van der Waals surface area contributed by atoms with Crippen molar-refractivity contribution < 1.29 is 59.8 Å². The third kappa shape index (κ3) is 21.3. The molecule has 0 aromatic rings. The van der Waals surface area contributed by atoms with Crippen LogP contribution in [-0.4, -0.2) is 127 Å². The highest BCUT2D eigenvalue weighted by Crippen LogP contribution is 2.30. The molecule has 0 unspecified atom stereocenters. The van der Waals surface area contributed by atoms with Gasteiger partial charge in [-0.05, 0) is 108 Å². The standard InChI is InChI=1S/C52H80O12/c1-35(21-13-23-37(3)25-15-27-39(5)29-17-31-51(7,8)63-49-47(59)45(57)43(55)41(33-53)61-49)19-11-12-20-36(2)22-14-24-38(4)26-16-28-40(6)30-18-32-52(9,10)64-50-48(60)46(58)44(56)42(34-54)62-50/h11-16,19-28,41-50,53-60H,17-18,29-34H2,1-10H3/b12-11+,21-13+,22-14+,25-15+,26-16+,35-19+,36-20+,37-23+,38-24+,39-27+,40-28+/t41-,42+,43-,44-,45+,46+,47-,48-,49+,50+/m1/s1. The topological polar surface area (TPSA) is 199 Å². The Morgan fingerprint density at radius 1 is 0.438 bits per heavy atom. The Labute approximate surface area is 383 Å². The second kappa shape index (κ2) is 28.6. The summed E-state index contributed by atoms with van der Waals surface area (Å²) >= 11 is 0. The Morgan fingerprint density at radius 3 is 1.05 bits per heavy atom. The van der Waals surface area contributed by atoms with Gasteiger partial charge in [0.1, 0.15) is 48.8 Å². The number of allylic oxidation sites excluding steroid dienone is 22. The van der Waals surface area contributed by atoms with Crippen molar-refractivity contribution >= 4 is 0 Å². The van der Waals surface area contributed by atoms with Gasteiger partial charge in [0.25, 0.3) is 0 Å². The van der Waals surface area contributed by atoms with Crippen LogP contribution >= 0.6 is 0 Å². The van der Waals surface area contributed by atoms with Crippen molar-refractivity contribution in [2.24, 2.45) is 0 Å². The monoisotopic (exact) mass is 897 g/mol. The highest BCUT2D eigenvalue weighted by Gasteiger charge is 2.47. The minimum atomic E-state index is -1.46. The number of ether oxygens (including phenoxy) is 4. The molecule has 2 aliphatic heterocycles. The van der Waals surface area contributed by atoms with Crippen LogP contribution in [0.4, 0.5) is 0 Å². The van der Waals surface area contributed by atoms with Crippen LogP contribution < -0.4 is 0 Å². The lowest BCUT2D eigenvalue weighted by atomic mass is 9.96. The molecule has 0 aromatic heterocycles. The van der Waals surface area contributed by atoms with E-state index in [9.17, 15) is 40.9 Å². The molecule has 2 aliphatic rings. The van der Waals surface area contributed by atoms with Crippen LogP contribution in [0.3, 0.4) is 0 Å². The van der Waals surface area contributed by atoms with Gasteiger partial charge < -0.3 is 59.8 Å². The second-order valence-electron chi connectivity index (χ2n) is 18.3. The summed E-state index contributed by atoms with van der Waals surface area (Å²) in [5.74, 6) is 0. The first-order chi connectivity index (χ1) is 30.1. The summed E-state index contributed by atoms with van der Waals surface area (Å²) in [5.41, 5.74) is 5.60. The number of hydrogen-bond acceptors (Lipinski definition) is 12. The van der Waals surface area contributed by atoms with Crippen molar-refractivity contribution in [3.05, 3.63) is 131 Å². The predicted molar refractivity (Wildman–Crippen MR) is 254 cm³/mol. The van der Waals surface area contributed by atoms with E-state index in [1.54, 1.807) is 0 Å². The Bertz CT molecular complexity index is 1630. The van der Waals surface area contributed by atoms with Gasteiger partial charge in [-0.2, -0.15) is 0 Å². The lowest BCUT2D eigenvalue weighted by Crippen LogP contribution is -2.60. The van der Waals surface area contributed by atoms with Gasteiger partial charge in [-0.3, -0.25) is 0 Å². The summed E-state index contributed by atoms with van der Waals surface area (Å²) in [6, 6.07) is 0. The van der Waals surface area contributed by atoms with E-state index in [-0.39, 0.29) is 0 Å². The molecular formula is C52H80O12. The Hall–Kier alpha value is -3.34. The Kier molecular flexibility index (Phi) is 25.4. The molecule has 2 rings (SSSR count). The molecule has 360 valence electrons. The average Bonchev–Trinajstić information content (AvgIpc) is 3.22. The second-order valence-corrected chi connectivity index (χ2v) is 18.3. The Balaban J connectivity index is 1.73. The molecule has 0 bridgehead atoms. The smallest absolute Gasteiger partial charge is 0.187 e. The summed E-state index contributed by atoms with van der Waals surface area (Å²) in [6.07, 6.45) is 24.8. The highest BCUT2D eigenvalue weighted by molar-refractivity contribution is 5.32. The summed E-state index contributed by atoms with van der Waals surface area (Å²) < 4.78 is 22.9. The molecule has 8 N–H and O–H groups in total. The maximum absolute atomic E-state index is 10.3. The van der Waals surface area contributed by atoms with Crippen LogP contribution in [0.2, 0.25) is 0 Å². The number of rotatable bonds is 24. The fourth-order valence-corrected chi connectivity index (χ4v) is 6.90. The minimum Gasteiger partial charge on any atom is -0.394 e. The van der Waals surface area contributed by atoms with Crippen LogP contribution in [0.25, 0.3) is 0 Å². The molecule has 64 heavy (non-hydrogen) atoms. The molecule has 0 saturated carbocycles. The van der Waals surface area contributed by atoms with Crippen LogP contribution in [-0.2, 0) is 18.9 Å². The number of aliphatic hydroxyl groups is 8. The van der Waals surface area contributed by atoms with Crippen molar-refractivity contribution in [2.75, 3.05) is 13.2 Å². The average molecular weight is 897 g/mol. The first kappa shape index (κ1) is 56.8. The van der Waals surface area contributed by atoms with Gasteiger partial charge in [0.05, 0.1) is 24.4 Å². The molecule has 0 aromatic carbocycles. The van der Waals surface area contributed by atoms with Crippen molar-refractivity contribution in [1.82, 2.24) is 0 Å². The zero-order valence-electron chi connectivity index (χ0n) is 39.9. The van der Waals surface area contributed by atoms with Crippen molar-refractivity contribution in [3.8, 4) is 0 Å². The lowest BCUT2D eigenvalue weighted by Gasteiger charge is -2.42. The van der Waals surface area contributed by atoms with Crippen molar-refractivity contribution in [3.63, 3.8) is 0 Å². The molecule has 2 saturated heterocycles. The maximum Gasteiger partial charge on any atom is 0.187 e. The van der Waals surface area contributed by atoms with E-state index in [0.717, 1.165) is 48.0 Å². The molecule has 12 heteroatoms. The van der Waals surface area contributed by atoms with E-state index in [1.807, 2.05) is 64.2 Å². The molecule has 10 atom stereocenters. The SMILES string of the molecule is CC(/C=C/C=C(C)/C=C/C=C(\C)CCCC(C)(C)O[C@@H]1O[C@@H](CO)[C@@H](O)[C@H](O)[C@H]1O)=C\C=C\C=C(C)\C=C\C=C(C)\C=C\C=C(/C)CCCC(C)(C)O[C@@H]1O[C@H](CO)[C@@H](O)[C@H](O)[C@H]1O. The zero-order chi connectivity index (χ0) is 48.0. The van der Waals surface area contributed by atoms with Gasteiger partial charge in [-0.25, -0.2) is 0 Å². The third-order valence-corrected chi connectivity index (χ3v) is 11.0. The Morgan fingerprint density at radius 2 is 0.734 bits per heavy atom. The molecule has 2 heterocycles. The van der Waals surface area contributed by atoms with Gasteiger partial charge in [0.15, 0.2) is 12.6 Å². The molecule has 0 amide bonds. The van der Waals surface area contributed by atoms with Crippen molar-refractivity contribution in [2.45, 2.75) is 180 Å². The molecule has 0 aliphatic carbocycles. The quantitative estimate of drug-likeness (QED) is 0.0464. The molecular weight excluding hydrogens is 817 g/mol. The maximum atomic E-state index is 10.3. The fourth-order valence-electron chi connectivity index (χ4n) is 6.90. The predicted octanol–water partition coefficient (Wildman–Crippen LogP) is 6.98. The van der Waals surface area contributed by atoms with Crippen LogP contribution in [0.5, 0.6) is 0 Å². The fraction of sp³-hybridized carbons (Fsp3) is 0.577. The van der Waals surface area contributed by atoms with E-state index in [0.29, 0.717) is 12.8 Å². The van der Waals surface area contributed by atoms with Gasteiger partial charge in [-0.15, -0.1) is 0 Å². The zero-order valence-corrected chi connectivity index (χ0v) is 39.9. The molecule has 0 spiro atoms. The van der Waals surface area contributed by atoms with E-state index < -0.39 is 85.8 Å². The van der Waals surface area contributed by atoms with E-state index in [1.165, 1.54) is 11.1 Å².